The maximum Gasteiger partial charge on any atom is 0.143 e. The van der Waals surface area contributed by atoms with Crippen molar-refractivity contribution < 1.29 is 23.7 Å². The molecule has 0 radical (unpaired) electrons. The van der Waals surface area contributed by atoms with E-state index in [9.17, 15) is 5.11 Å². The largest absolute Gasteiger partial charge is 0.497 e. The smallest absolute Gasteiger partial charge is 0.143 e. The van der Waals surface area contributed by atoms with Crippen molar-refractivity contribution in [1.29, 1.82) is 0 Å². The van der Waals surface area contributed by atoms with Gasteiger partial charge in [0.05, 0.1) is 26.9 Å². The third kappa shape index (κ3) is 5.37. The SMILES string of the molecule is CCC(O)[C@@H](C)[C@@H](F)COC(c1ccccc1)(c1ccc(OC)cc1)c1ccc(OC)cc1. The molecule has 3 atom stereocenters. The lowest BCUT2D eigenvalue weighted by molar-refractivity contribution is -0.0450. The summed E-state index contributed by atoms with van der Waals surface area (Å²) in [4.78, 5) is 0. The molecule has 5 heteroatoms. The van der Waals surface area contributed by atoms with Crippen molar-refractivity contribution in [2.45, 2.75) is 38.1 Å². The highest BCUT2D eigenvalue weighted by molar-refractivity contribution is 5.49. The van der Waals surface area contributed by atoms with Gasteiger partial charge in [-0.05, 0) is 47.4 Å². The molecule has 0 aromatic heterocycles. The average molecular weight is 453 g/mol. The molecule has 33 heavy (non-hydrogen) atoms. The summed E-state index contributed by atoms with van der Waals surface area (Å²) in [6, 6.07) is 25.0. The van der Waals surface area contributed by atoms with Crippen LogP contribution in [0.3, 0.4) is 0 Å². The molecule has 0 saturated heterocycles. The van der Waals surface area contributed by atoms with E-state index in [-0.39, 0.29) is 6.61 Å². The number of hydrogen-bond acceptors (Lipinski definition) is 4. The van der Waals surface area contributed by atoms with Crippen LogP contribution in [0.2, 0.25) is 0 Å². The standard InChI is InChI=1S/C28H33FO4/c1-5-27(30)20(2)26(29)19-33-28(21-9-7-6-8-10-21,22-11-15-24(31-3)16-12-22)23-13-17-25(32-4)18-14-23/h6-18,20,26-27,30H,5,19H2,1-4H3/t20-,26-,27?/m0/s1. The Morgan fingerprint density at radius 2 is 1.24 bits per heavy atom. The third-order valence-corrected chi connectivity index (χ3v) is 6.23. The minimum Gasteiger partial charge on any atom is -0.497 e. The number of hydrogen-bond donors (Lipinski definition) is 1. The number of benzene rings is 3. The van der Waals surface area contributed by atoms with Gasteiger partial charge in [0.2, 0.25) is 0 Å². The van der Waals surface area contributed by atoms with Gasteiger partial charge in [-0.1, -0.05) is 68.4 Å². The summed E-state index contributed by atoms with van der Waals surface area (Å²) < 4.78 is 32.5. The highest BCUT2D eigenvalue weighted by Crippen LogP contribution is 2.42. The zero-order valence-electron chi connectivity index (χ0n) is 19.7. The minimum atomic E-state index is -1.33. The van der Waals surface area contributed by atoms with Gasteiger partial charge in [0.1, 0.15) is 23.3 Å². The minimum absolute atomic E-state index is 0.175. The van der Waals surface area contributed by atoms with Gasteiger partial charge >= 0.3 is 0 Å². The first-order chi connectivity index (χ1) is 16.0. The van der Waals surface area contributed by atoms with E-state index in [4.69, 9.17) is 14.2 Å². The normalized spacial score (nSPS) is 14.4. The van der Waals surface area contributed by atoms with E-state index in [2.05, 4.69) is 0 Å². The Bertz CT molecular complexity index is 926. The fourth-order valence-corrected chi connectivity index (χ4v) is 4.04. The van der Waals surface area contributed by atoms with Crippen molar-refractivity contribution in [3.8, 4) is 11.5 Å². The molecule has 0 saturated carbocycles. The maximum atomic E-state index is 15.2. The Balaban J connectivity index is 2.14. The number of aliphatic hydroxyl groups is 1. The van der Waals surface area contributed by atoms with E-state index in [0.717, 1.165) is 28.2 Å². The Kier molecular flexibility index (Phi) is 8.48. The molecule has 3 rings (SSSR count). The fourth-order valence-electron chi connectivity index (χ4n) is 4.04. The summed E-state index contributed by atoms with van der Waals surface area (Å²) in [5.74, 6) is 0.896. The molecule has 4 nitrogen and oxygen atoms in total. The molecule has 0 aliphatic rings. The van der Waals surface area contributed by atoms with Crippen molar-refractivity contribution in [3.05, 3.63) is 95.6 Å². The van der Waals surface area contributed by atoms with Crippen LogP contribution in [0.15, 0.2) is 78.9 Å². The lowest BCUT2D eigenvalue weighted by atomic mass is 9.80. The second-order valence-corrected chi connectivity index (χ2v) is 8.17. The van der Waals surface area contributed by atoms with Crippen LogP contribution >= 0.6 is 0 Å². The van der Waals surface area contributed by atoms with Crippen LogP contribution in [-0.2, 0) is 10.3 Å². The van der Waals surface area contributed by atoms with Crippen LogP contribution in [0.5, 0.6) is 11.5 Å². The summed E-state index contributed by atoms with van der Waals surface area (Å²) >= 11 is 0. The molecule has 3 aromatic rings. The Hall–Kier alpha value is -2.89. The zero-order chi connectivity index (χ0) is 23.8. The van der Waals surface area contributed by atoms with Gasteiger partial charge in [0, 0.05) is 5.92 Å². The average Bonchev–Trinajstić information content (AvgIpc) is 2.89. The van der Waals surface area contributed by atoms with Gasteiger partial charge in [-0.15, -0.1) is 0 Å². The van der Waals surface area contributed by atoms with Gasteiger partial charge in [-0.25, -0.2) is 4.39 Å². The third-order valence-electron chi connectivity index (χ3n) is 6.23. The molecule has 0 heterocycles. The predicted molar refractivity (Wildman–Crippen MR) is 129 cm³/mol. The summed E-state index contributed by atoms with van der Waals surface area (Å²) in [6.07, 6.45) is -1.57. The van der Waals surface area contributed by atoms with Crippen molar-refractivity contribution in [3.63, 3.8) is 0 Å². The lowest BCUT2D eigenvalue weighted by Crippen LogP contribution is -2.38. The van der Waals surface area contributed by atoms with Crippen molar-refractivity contribution in [1.82, 2.24) is 0 Å². The van der Waals surface area contributed by atoms with E-state index in [1.54, 1.807) is 21.1 Å². The lowest BCUT2D eigenvalue weighted by Gasteiger charge is -2.37. The van der Waals surface area contributed by atoms with Crippen LogP contribution in [0, 0.1) is 5.92 Å². The molecule has 0 spiro atoms. The first kappa shape index (κ1) is 24.7. The zero-order valence-corrected chi connectivity index (χ0v) is 19.7. The number of halogens is 1. The quantitative estimate of drug-likeness (QED) is 0.376. The van der Waals surface area contributed by atoms with Crippen LogP contribution in [0.4, 0.5) is 4.39 Å². The van der Waals surface area contributed by atoms with Crippen LogP contribution in [0.1, 0.15) is 37.0 Å². The van der Waals surface area contributed by atoms with E-state index in [0.29, 0.717) is 6.42 Å². The topological polar surface area (TPSA) is 47.9 Å². The van der Waals surface area contributed by atoms with E-state index >= 15 is 4.39 Å². The molecule has 0 fully saturated rings. The number of aliphatic hydroxyl groups excluding tert-OH is 1. The Labute approximate surface area is 195 Å². The second kappa shape index (κ2) is 11.3. The summed E-state index contributed by atoms with van der Waals surface area (Å²) in [5.41, 5.74) is 1.49. The molecule has 0 bridgehead atoms. The molecule has 3 aromatic carbocycles. The van der Waals surface area contributed by atoms with Gasteiger partial charge in [-0.2, -0.15) is 0 Å². The number of rotatable bonds is 11. The van der Waals surface area contributed by atoms with Crippen LogP contribution in [-0.4, -0.2) is 38.2 Å². The van der Waals surface area contributed by atoms with Gasteiger partial charge in [0.15, 0.2) is 0 Å². The van der Waals surface area contributed by atoms with E-state index in [1.165, 1.54) is 0 Å². The van der Waals surface area contributed by atoms with Crippen molar-refractivity contribution >= 4 is 0 Å². The maximum absolute atomic E-state index is 15.2. The van der Waals surface area contributed by atoms with E-state index < -0.39 is 23.8 Å². The van der Waals surface area contributed by atoms with Crippen LogP contribution in [0.25, 0.3) is 0 Å². The fraction of sp³-hybridized carbons (Fsp3) is 0.357. The summed E-state index contributed by atoms with van der Waals surface area (Å²) in [5, 5.41) is 10.2. The van der Waals surface area contributed by atoms with Gasteiger partial charge in [0.25, 0.3) is 0 Å². The van der Waals surface area contributed by atoms with Gasteiger partial charge in [-0.3, -0.25) is 0 Å². The Morgan fingerprint density at radius 1 is 0.788 bits per heavy atom. The molecule has 0 aliphatic carbocycles. The molecule has 0 aliphatic heterocycles. The van der Waals surface area contributed by atoms with Crippen LogP contribution < -0.4 is 9.47 Å². The molecule has 176 valence electrons. The van der Waals surface area contributed by atoms with Crippen molar-refractivity contribution in [2.75, 3.05) is 20.8 Å². The number of alkyl halides is 1. The number of methoxy groups -OCH3 is 2. The Morgan fingerprint density at radius 3 is 1.67 bits per heavy atom. The molecule has 0 amide bonds. The first-order valence-corrected chi connectivity index (χ1v) is 11.3. The monoisotopic (exact) mass is 452 g/mol. The van der Waals surface area contributed by atoms with Gasteiger partial charge < -0.3 is 19.3 Å². The van der Waals surface area contributed by atoms with Crippen molar-refractivity contribution in [2.24, 2.45) is 5.92 Å². The summed E-state index contributed by atoms with van der Waals surface area (Å²) in [7, 11) is 3.24. The molecular weight excluding hydrogens is 419 g/mol. The first-order valence-electron chi connectivity index (χ1n) is 11.3. The predicted octanol–water partition coefficient (Wildman–Crippen LogP) is 5.76. The molecular formula is C28H33FO4. The second-order valence-electron chi connectivity index (χ2n) is 8.17. The highest BCUT2D eigenvalue weighted by atomic mass is 19.1. The highest BCUT2D eigenvalue weighted by Gasteiger charge is 2.39. The summed E-state index contributed by atoms with van der Waals surface area (Å²) in [6.45, 7) is 3.38. The molecule has 1 unspecified atom stereocenters. The van der Waals surface area contributed by atoms with E-state index in [1.807, 2.05) is 85.8 Å². The number of ether oxygens (including phenoxy) is 3. The molecule has 1 N–H and O–H groups in total.